The minimum atomic E-state index is -0.731. The molecule has 0 aliphatic carbocycles. The summed E-state index contributed by atoms with van der Waals surface area (Å²) >= 11 is 0. The number of nitro groups is 1. The molecule has 0 N–H and O–H groups in total. The summed E-state index contributed by atoms with van der Waals surface area (Å²) in [5.74, 6) is 0. The minimum absolute atomic E-state index is 0.265. The summed E-state index contributed by atoms with van der Waals surface area (Å²) in [6.07, 6.45) is 3.40. The summed E-state index contributed by atoms with van der Waals surface area (Å²) in [6, 6.07) is 8.36. The van der Waals surface area contributed by atoms with Gasteiger partial charge in [0.05, 0.1) is 0 Å². The molecule has 0 aliphatic heterocycles. The first-order valence-corrected chi connectivity index (χ1v) is 5.79. The molecule has 0 amide bonds. The van der Waals surface area contributed by atoms with Crippen molar-refractivity contribution in [3.63, 3.8) is 0 Å². The summed E-state index contributed by atoms with van der Waals surface area (Å²) in [4.78, 5) is 10.8. The molecule has 0 saturated carbocycles. The Balaban J connectivity index is 2.50. The fraction of sp³-hybridized carbons (Fsp3) is 0.308. The maximum Gasteiger partial charge on any atom is 0.236 e. The highest BCUT2D eigenvalue weighted by molar-refractivity contribution is 5.29. The maximum absolute atomic E-state index is 11.1. The fourth-order valence-corrected chi connectivity index (χ4v) is 2.10. The predicted octanol–water partition coefficient (Wildman–Crippen LogP) is 2.45. The molecular formula is C13H15N3O2. The third-order valence-electron chi connectivity index (χ3n) is 3.11. The van der Waals surface area contributed by atoms with E-state index >= 15 is 0 Å². The molecule has 18 heavy (non-hydrogen) atoms. The van der Waals surface area contributed by atoms with E-state index in [1.807, 2.05) is 31.2 Å². The molecule has 2 atom stereocenters. The zero-order chi connectivity index (χ0) is 13.1. The second-order valence-corrected chi connectivity index (χ2v) is 4.31. The first kappa shape index (κ1) is 12.3. The predicted molar refractivity (Wildman–Crippen MR) is 68.0 cm³/mol. The van der Waals surface area contributed by atoms with Crippen molar-refractivity contribution in [1.82, 2.24) is 9.78 Å². The highest BCUT2D eigenvalue weighted by Crippen LogP contribution is 2.25. The average Bonchev–Trinajstić information content (AvgIpc) is 2.85. The Morgan fingerprint density at radius 1 is 1.33 bits per heavy atom. The first-order chi connectivity index (χ1) is 8.61. The third kappa shape index (κ3) is 2.25. The van der Waals surface area contributed by atoms with Gasteiger partial charge in [-0.2, -0.15) is 5.10 Å². The normalized spacial score (nSPS) is 14.1. The van der Waals surface area contributed by atoms with E-state index in [1.165, 1.54) is 0 Å². The SMILES string of the molecule is Cc1ccccc1[C@H]([C@@H](C)[N+](=O)[O-])n1cccn1. The van der Waals surface area contributed by atoms with Crippen molar-refractivity contribution in [2.45, 2.75) is 25.9 Å². The van der Waals surface area contributed by atoms with Crippen LogP contribution in [0.5, 0.6) is 0 Å². The van der Waals surface area contributed by atoms with Crippen LogP contribution in [0.3, 0.4) is 0 Å². The van der Waals surface area contributed by atoms with Gasteiger partial charge in [0, 0.05) is 24.2 Å². The lowest BCUT2D eigenvalue weighted by Gasteiger charge is -2.21. The molecule has 5 nitrogen and oxygen atoms in total. The molecule has 5 heteroatoms. The van der Waals surface area contributed by atoms with E-state index < -0.39 is 6.04 Å². The molecule has 0 aliphatic rings. The van der Waals surface area contributed by atoms with E-state index in [2.05, 4.69) is 5.10 Å². The number of nitrogens with zero attached hydrogens (tertiary/aromatic N) is 3. The van der Waals surface area contributed by atoms with Crippen LogP contribution < -0.4 is 0 Å². The largest absolute Gasteiger partial charge is 0.264 e. The van der Waals surface area contributed by atoms with Crippen LogP contribution in [0.4, 0.5) is 0 Å². The van der Waals surface area contributed by atoms with Crippen LogP contribution in [0.2, 0.25) is 0 Å². The number of rotatable bonds is 4. The Morgan fingerprint density at radius 2 is 2.06 bits per heavy atom. The standard InChI is InChI=1S/C13H15N3O2/c1-10-6-3-4-7-12(10)13(11(2)16(17)18)15-9-5-8-14-15/h3-9,11,13H,1-2H3/t11-,13+/m1/s1. The van der Waals surface area contributed by atoms with Crippen molar-refractivity contribution >= 4 is 0 Å². The maximum atomic E-state index is 11.1. The molecule has 1 heterocycles. The van der Waals surface area contributed by atoms with Gasteiger partial charge in [-0.3, -0.25) is 14.8 Å². The molecule has 1 aromatic carbocycles. The Morgan fingerprint density at radius 3 is 2.61 bits per heavy atom. The summed E-state index contributed by atoms with van der Waals surface area (Å²) in [6.45, 7) is 3.57. The number of hydrogen-bond donors (Lipinski definition) is 0. The molecular weight excluding hydrogens is 230 g/mol. The van der Waals surface area contributed by atoms with Crippen molar-refractivity contribution in [3.05, 3.63) is 64.0 Å². The lowest BCUT2D eigenvalue weighted by Crippen LogP contribution is -2.30. The van der Waals surface area contributed by atoms with Crippen molar-refractivity contribution < 1.29 is 4.92 Å². The van der Waals surface area contributed by atoms with Gasteiger partial charge in [0.15, 0.2) is 0 Å². The number of aryl methyl sites for hydroxylation is 1. The summed E-state index contributed by atoms with van der Waals surface area (Å²) < 4.78 is 1.65. The summed E-state index contributed by atoms with van der Waals surface area (Å²) in [5, 5.41) is 15.2. The quantitative estimate of drug-likeness (QED) is 0.614. The summed E-state index contributed by atoms with van der Waals surface area (Å²) in [5.41, 5.74) is 1.97. The van der Waals surface area contributed by atoms with Gasteiger partial charge in [-0.25, -0.2) is 0 Å². The average molecular weight is 245 g/mol. The highest BCUT2D eigenvalue weighted by atomic mass is 16.6. The van der Waals surface area contributed by atoms with Gasteiger partial charge < -0.3 is 0 Å². The smallest absolute Gasteiger partial charge is 0.236 e. The fourth-order valence-electron chi connectivity index (χ4n) is 2.10. The van der Waals surface area contributed by atoms with Crippen LogP contribution in [0.25, 0.3) is 0 Å². The monoisotopic (exact) mass is 245 g/mol. The van der Waals surface area contributed by atoms with Gasteiger partial charge >= 0.3 is 0 Å². The molecule has 2 aromatic rings. The van der Waals surface area contributed by atoms with Gasteiger partial charge in [-0.1, -0.05) is 24.3 Å². The zero-order valence-electron chi connectivity index (χ0n) is 10.4. The van der Waals surface area contributed by atoms with Gasteiger partial charge in [0.2, 0.25) is 6.04 Å². The van der Waals surface area contributed by atoms with E-state index in [0.717, 1.165) is 11.1 Å². The molecule has 0 fully saturated rings. The van der Waals surface area contributed by atoms with Crippen LogP contribution >= 0.6 is 0 Å². The van der Waals surface area contributed by atoms with Crippen molar-refractivity contribution in [2.24, 2.45) is 0 Å². The van der Waals surface area contributed by atoms with Gasteiger partial charge in [0.25, 0.3) is 0 Å². The third-order valence-corrected chi connectivity index (χ3v) is 3.11. The second-order valence-electron chi connectivity index (χ2n) is 4.31. The van der Waals surface area contributed by atoms with Gasteiger partial charge in [0.1, 0.15) is 6.04 Å². The van der Waals surface area contributed by atoms with Crippen LogP contribution in [0, 0.1) is 17.0 Å². The molecule has 2 rings (SSSR count). The lowest BCUT2D eigenvalue weighted by molar-refractivity contribution is -0.523. The Hall–Kier alpha value is -2.17. The first-order valence-electron chi connectivity index (χ1n) is 5.79. The van der Waals surface area contributed by atoms with Gasteiger partial charge in [-0.15, -0.1) is 0 Å². The van der Waals surface area contributed by atoms with Gasteiger partial charge in [-0.05, 0) is 24.1 Å². The van der Waals surface area contributed by atoms with E-state index in [1.54, 1.807) is 30.1 Å². The minimum Gasteiger partial charge on any atom is -0.264 e. The Bertz CT molecular complexity index is 537. The molecule has 94 valence electrons. The highest BCUT2D eigenvalue weighted by Gasteiger charge is 2.31. The lowest BCUT2D eigenvalue weighted by atomic mass is 9.96. The zero-order valence-corrected chi connectivity index (χ0v) is 10.4. The van der Waals surface area contributed by atoms with Crippen molar-refractivity contribution in [3.8, 4) is 0 Å². The van der Waals surface area contributed by atoms with Crippen LogP contribution in [-0.2, 0) is 0 Å². The van der Waals surface area contributed by atoms with Crippen molar-refractivity contribution in [1.29, 1.82) is 0 Å². The number of benzene rings is 1. The molecule has 0 bridgehead atoms. The Labute approximate surface area is 105 Å². The molecule has 1 aromatic heterocycles. The molecule has 0 radical (unpaired) electrons. The van der Waals surface area contributed by atoms with Crippen LogP contribution in [-0.4, -0.2) is 20.7 Å². The molecule has 0 spiro atoms. The van der Waals surface area contributed by atoms with Crippen molar-refractivity contribution in [2.75, 3.05) is 0 Å². The van der Waals surface area contributed by atoms with E-state index in [9.17, 15) is 10.1 Å². The topological polar surface area (TPSA) is 61.0 Å². The molecule has 0 unspecified atom stereocenters. The summed E-state index contributed by atoms with van der Waals surface area (Å²) in [7, 11) is 0. The second kappa shape index (κ2) is 5.00. The number of aromatic nitrogens is 2. The van der Waals surface area contributed by atoms with E-state index in [4.69, 9.17) is 0 Å². The van der Waals surface area contributed by atoms with E-state index in [0.29, 0.717) is 0 Å². The van der Waals surface area contributed by atoms with Crippen LogP contribution in [0.1, 0.15) is 24.1 Å². The molecule has 0 saturated heterocycles. The number of hydrogen-bond acceptors (Lipinski definition) is 3. The van der Waals surface area contributed by atoms with Crippen LogP contribution in [0.15, 0.2) is 42.7 Å². The van der Waals surface area contributed by atoms with E-state index in [-0.39, 0.29) is 11.0 Å². The Kier molecular flexibility index (Phi) is 3.41.